The molecule has 0 aromatic heterocycles. The van der Waals surface area contributed by atoms with E-state index in [9.17, 15) is 0 Å². The van der Waals surface area contributed by atoms with Gasteiger partial charge in [-0.2, -0.15) is 0 Å². The van der Waals surface area contributed by atoms with Crippen LogP contribution in [-0.2, 0) is 0 Å². The first-order valence-electron chi connectivity index (χ1n) is 5.01. The third kappa shape index (κ3) is 6.39. The van der Waals surface area contributed by atoms with Gasteiger partial charge in [-0.1, -0.05) is 50.6 Å². The van der Waals surface area contributed by atoms with Gasteiger partial charge in [0.1, 0.15) is 5.03 Å². The van der Waals surface area contributed by atoms with Gasteiger partial charge in [0.25, 0.3) is 5.95 Å². The highest BCUT2D eigenvalue weighted by Gasteiger charge is 2.13. The molecule has 0 aromatic carbocycles. The van der Waals surface area contributed by atoms with Gasteiger partial charge in [0.05, 0.1) is 5.38 Å². The van der Waals surface area contributed by atoms with E-state index < -0.39 is 11.3 Å². The van der Waals surface area contributed by atoms with Gasteiger partial charge >= 0.3 is 0 Å². The van der Waals surface area contributed by atoms with Gasteiger partial charge in [0, 0.05) is 0 Å². The molecule has 0 spiro atoms. The van der Waals surface area contributed by atoms with E-state index in [0.29, 0.717) is 6.42 Å². The lowest BCUT2D eigenvalue weighted by Crippen LogP contribution is -2.01. The molecule has 4 heteroatoms. The minimum absolute atomic E-state index is 0.0536. The molecular formula is C10H18Cl2O2. The van der Waals surface area contributed by atoms with Gasteiger partial charge in [-0.3, -0.25) is 0 Å². The summed E-state index contributed by atoms with van der Waals surface area (Å²) in [7, 11) is 0. The lowest BCUT2D eigenvalue weighted by atomic mass is 10.1. The molecule has 0 rings (SSSR count). The molecule has 2 N–H and O–H groups in total. The van der Waals surface area contributed by atoms with Crippen molar-refractivity contribution in [2.45, 2.75) is 50.8 Å². The van der Waals surface area contributed by atoms with Crippen molar-refractivity contribution in [1.82, 2.24) is 0 Å². The van der Waals surface area contributed by atoms with Crippen LogP contribution in [0.25, 0.3) is 0 Å². The largest absolute Gasteiger partial charge is 0.480 e. The first kappa shape index (κ1) is 13.9. The monoisotopic (exact) mass is 240 g/mol. The van der Waals surface area contributed by atoms with E-state index in [1.807, 2.05) is 0 Å². The predicted octanol–water partition coefficient (Wildman–Crippen LogP) is 4.48. The summed E-state index contributed by atoms with van der Waals surface area (Å²) < 4.78 is 0. The topological polar surface area (TPSA) is 40.5 Å². The van der Waals surface area contributed by atoms with Crippen LogP contribution < -0.4 is 0 Å². The Bertz CT molecular complexity index is 177. The highest BCUT2D eigenvalue weighted by atomic mass is 35.5. The number of allylic oxidation sites excluding steroid dienone is 1. The van der Waals surface area contributed by atoms with Crippen LogP contribution >= 0.6 is 23.2 Å². The summed E-state index contributed by atoms with van der Waals surface area (Å²) in [5, 5.41) is 16.8. The Balaban J connectivity index is 3.54. The van der Waals surface area contributed by atoms with Crippen molar-refractivity contribution >= 4 is 23.2 Å². The van der Waals surface area contributed by atoms with Crippen molar-refractivity contribution in [3.05, 3.63) is 11.0 Å². The van der Waals surface area contributed by atoms with Gasteiger partial charge < -0.3 is 10.2 Å². The van der Waals surface area contributed by atoms with Crippen LogP contribution in [0, 0.1) is 0 Å². The summed E-state index contributed by atoms with van der Waals surface area (Å²) in [6.07, 6.45) is 6.43. The Hall–Kier alpha value is -0.0800. The Morgan fingerprint density at radius 1 is 1.14 bits per heavy atom. The van der Waals surface area contributed by atoms with Crippen molar-refractivity contribution < 1.29 is 10.2 Å². The molecule has 0 aliphatic carbocycles. The molecule has 1 atom stereocenters. The van der Waals surface area contributed by atoms with E-state index in [1.54, 1.807) is 0 Å². The summed E-state index contributed by atoms with van der Waals surface area (Å²) in [5.41, 5.74) is 0. The molecule has 0 saturated heterocycles. The van der Waals surface area contributed by atoms with Crippen LogP contribution in [0.3, 0.4) is 0 Å². The Morgan fingerprint density at radius 2 is 1.71 bits per heavy atom. The molecule has 1 unspecified atom stereocenters. The average Bonchev–Trinajstić information content (AvgIpc) is 2.16. The van der Waals surface area contributed by atoms with Crippen LogP contribution in [0.4, 0.5) is 0 Å². The van der Waals surface area contributed by atoms with Crippen molar-refractivity contribution in [2.75, 3.05) is 0 Å². The fraction of sp³-hybridized carbons (Fsp3) is 0.800. The van der Waals surface area contributed by atoms with E-state index in [1.165, 1.54) is 19.3 Å². The summed E-state index contributed by atoms with van der Waals surface area (Å²) in [6.45, 7) is 2.16. The first-order chi connectivity index (χ1) is 6.59. The Kier molecular flexibility index (Phi) is 8.20. The molecule has 0 aliphatic heterocycles. The normalized spacial score (nSPS) is 12.5. The third-order valence-corrected chi connectivity index (χ3v) is 3.03. The summed E-state index contributed by atoms with van der Waals surface area (Å²) in [6, 6.07) is 0. The van der Waals surface area contributed by atoms with Gasteiger partial charge in [-0.25, -0.2) is 0 Å². The van der Waals surface area contributed by atoms with E-state index >= 15 is 0 Å². The molecule has 0 heterocycles. The molecule has 0 saturated carbocycles. The molecule has 0 bridgehead atoms. The second kappa shape index (κ2) is 8.25. The number of rotatable bonds is 7. The van der Waals surface area contributed by atoms with Crippen LogP contribution in [0.2, 0.25) is 0 Å². The molecule has 0 fully saturated rings. The van der Waals surface area contributed by atoms with Crippen molar-refractivity contribution in [3.63, 3.8) is 0 Å². The van der Waals surface area contributed by atoms with E-state index in [0.717, 1.165) is 12.8 Å². The minimum atomic E-state index is -0.861. The van der Waals surface area contributed by atoms with Crippen LogP contribution in [0.1, 0.15) is 45.4 Å². The lowest BCUT2D eigenvalue weighted by Gasteiger charge is -2.07. The summed E-state index contributed by atoms with van der Waals surface area (Å²) in [5.74, 6) is -0.861. The maximum Gasteiger partial charge on any atom is 0.290 e. The van der Waals surface area contributed by atoms with Gasteiger partial charge in [-0.05, 0) is 6.42 Å². The van der Waals surface area contributed by atoms with Crippen LogP contribution in [0.5, 0.6) is 0 Å². The Labute approximate surface area is 95.5 Å². The van der Waals surface area contributed by atoms with Crippen molar-refractivity contribution in [3.8, 4) is 0 Å². The molecule has 14 heavy (non-hydrogen) atoms. The number of aliphatic hydroxyl groups is 2. The van der Waals surface area contributed by atoms with E-state index in [4.69, 9.17) is 33.4 Å². The predicted molar refractivity (Wildman–Crippen MR) is 61.2 cm³/mol. The second-order valence-corrected chi connectivity index (χ2v) is 4.28. The van der Waals surface area contributed by atoms with Crippen molar-refractivity contribution in [1.29, 1.82) is 0 Å². The molecule has 84 valence electrons. The summed E-state index contributed by atoms with van der Waals surface area (Å²) >= 11 is 11.4. The fourth-order valence-electron chi connectivity index (χ4n) is 1.19. The average molecular weight is 241 g/mol. The minimum Gasteiger partial charge on any atom is -0.480 e. The Morgan fingerprint density at radius 3 is 2.21 bits per heavy atom. The molecule has 0 aliphatic rings. The van der Waals surface area contributed by atoms with Crippen LogP contribution in [-0.4, -0.2) is 15.6 Å². The molecule has 2 nitrogen and oxygen atoms in total. The SMILES string of the molecule is CCCCCCCC(Cl)C(Cl)=C(O)O. The number of halogens is 2. The number of hydrogen-bond donors (Lipinski definition) is 2. The van der Waals surface area contributed by atoms with Crippen LogP contribution in [0.15, 0.2) is 11.0 Å². The molecule has 0 radical (unpaired) electrons. The quantitative estimate of drug-likeness (QED) is 0.392. The number of hydrogen-bond acceptors (Lipinski definition) is 2. The van der Waals surface area contributed by atoms with E-state index in [-0.39, 0.29) is 5.03 Å². The first-order valence-corrected chi connectivity index (χ1v) is 5.82. The molecule has 0 aromatic rings. The number of unbranched alkanes of at least 4 members (excludes halogenated alkanes) is 4. The number of alkyl halides is 1. The smallest absolute Gasteiger partial charge is 0.290 e. The maximum atomic E-state index is 8.65. The lowest BCUT2D eigenvalue weighted by molar-refractivity contribution is 0.187. The summed E-state index contributed by atoms with van der Waals surface area (Å²) in [4.78, 5) is 0. The molecular weight excluding hydrogens is 223 g/mol. The highest BCUT2D eigenvalue weighted by Crippen LogP contribution is 2.22. The number of aliphatic hydroxyl groups excluding tert-OH is 1. The zero-order valence-electron chi connectivity index (χ0n) is 8.47. The standard InChI is InChI=1S/C10H18Cl2O2/c1-2-3-4-5-6-7-8(11)9(12)10(13)14/h8,13-14H,2-7H2,1H3. The van der Waals surface area contributed by atoms with Gasteiger partial charge in [0.15, 0.2) is 0 Å². The molecule has 0 amide bonds. The van der Waals surface area contributed by atoms with Gasteiger partial charge in [-0.15, -0.1) is 11.6 Å². The van der Waals surface area contributed by atoms with Crippen molar-refractivity contribution in [2.24, 2.45) is 0 Å². The second-order valence-electron chi connectivity index (χ2n) is 3.34. The zero-order valence-corrected chi connectivity index (χ0v) is 9.98. The van der Waals surface area contributed by atoms with E-state index in [2.05, 4.69) is 6.92 Å². The fourth-order valence-corrected chi connectivity index (χ4v) is 1.55. The third-order valence-electron chi connectivity index (χ3n) is 2.05. The highest BCUT2D eigenvalue weighted by molar-refractivity contribution is 6.37. The zero-order chi connectivity index (χ0) is 11.0. The maximum absolute atomic E-state index is 8.65. The van der Waals surface area contributed by atoms with Gasteiger partial charge in [0.2, 0.25) is 0 Å².